The summed E-state index contributed by atoms with van der Waals surface area (Å²) in [6.07, 6.45) is 1.96. The van der Waals surface area contributed by atoms with Crippen LogP contribution in [0.5, 0.6) is 5.75 Å². The van der Waals surface area contributed by atoms with Crippen molar-refractivity contribution in [2.75, 3.05) is 20.3 Å². The van der Waals surface area contributed by atoms with Crippen molar-refractivity contribution >= 4 is 33.2 Å². The Labute approximate surface area is 118 Å². The van der Waals surface area contributed by atoms with Gasteiger partial charge in [0, 0.05) is 16.8 Å². The van der Waals surface area contributed by atoms with Gasteiger partial charge >= 0.3 is 0 Å². The van der Waals surface area contributed by atoms with E-state index in [9.17, 15) is 9.90 Å². The average molecular weight is 334 g/mol. The van der Waals surface area contributed by atoms with Crippen LogP contribution in [0.15, 0.2) is 4.47 Å². The van der Waals surface area contributed by atoms with E-state index in [1.165, 1.54) is 11.3 Å². The van der Waals surface area contributed by atoms with E-state index >= 15 is 0 Å². The lowest BCUT2D eigenvalue weighted by molar-refractivity contribution is 0.0936. The van der Waals surface area contributed by atoms with Gasteiger partial charge in [-0.3, -0.25) is 4.79 Å². The van der Waals surface area contributed by atoms with Crippen LogP contribution in [-0.4, -0.2) is 31.3 Å². The summed E-state index contributed by atoms with van der Waals surface area (Å²) in [6, 6.07) is 0. The maximum atomic E-state index is 12.1. The zero-order valence-corrected chi connectivity index (χ0v) is 12.8. The van der Waals surface area contributed by atoms with Crippen molar-refractivity contribution in [1.82, 2.24) is 5.32 Å². The first-order chi connectivity index (χ1) is 8.53. The highest BCUT2D eigenvalue weighted by Crippen LogP contribution is 2.44. The van der Waals surface area contributed by atoms with E-state index in [0.717, 1.165) is 22.2 Å². The van der Waals surface area contributed by atoms with Crippen LogP contribution in [0.3, 0.4) is 0 Å². The molecule has 1 amide bonds. The molecule has 4 nitrogen and oxygen atoms in total. The number of nitrogens with one attached hydrogen (secondary N) is 1. The number of ether oxygens (including phenoxy) is 1. The first-order valence-electron chi connectivity index (χ1n) is 5.75. The Morgan fingerprint density at radius 2 is 2.28 bits per heavy atom. The van der Waals surface area contributed by atoms with E-state index in [2.05, 4.69) is 21.2 Å². The minimum absolute atomic E-state index is 0.0770. The SMILES string of the molecule is COc1c(C(=O)NCC2(CO)CC2)sc(C)c1Br. The molecule has 0 atom stereocenters. The number of carbonyl (C=O) groups is 1. The Bertz CT molecular complexity index is 468. The minimum Gasteiger partial charge on any atom is -0.494 e. The van der Waals surface area contributed by atoms with Gasteiger partial charge in [0.15, 0.2) is 5.75 Å². The van der Waals surface area contributed by atoms with Crippen LogP contribution < -0.4 is 10.1 Å². The predicted octanol–water partition coefficient (Wildman–Crippen LogP) is 2.33. The van der Waals surface area contributed by atoms with Gasteiger partial charge in [-0.05, 0) is 35.7 Å². The Hall–Kier alpha value is -0.590. The second-order valence-electron chi connectivity index (χ2n) is 4.68. The van der Waals surface area contributed by atoms with Gasteiger partial charge in [-0.1, -0.05) is 0 Å². The molecule has 1 saturated carbocycles. The van der Waals surface area contributed by atoms with E-state index in [0.29, 0.717) is 17.2 Å². The molecular weight excluding hydrogens is 318 g/mol. The Morgan fingerprint density at radius 1 is 1.61 bits per heavy atom. The number of thiophene rings is 1. The first kappa shape index (κ1) is 13.8. The highest BCUT2D eigenvalue weighted by atomic mass is 79.9. The van der Waals surface area contributed by atoms with Gasteiger partial charge in [-0.2, -0.15) is 0 Å². The van der Waals surface area contributed by atoms with Crippen molar-refractivity contribution in [1.29, 1.82) is 0 Å². The third-order valence-electron chi connectivity index (χ3n) is 3.30. The molecule has 0 aromatic carbocycles. The molecule has 2 N–H and O–H groups in total. The topological polar surface area (TPSA) is 58.6 Å². The molecule has 1 aliphatic carbocycles. The van der Waals surface area contributed by atoms with Gasteiger partial charge in [-0.25, -0.2) is 0 Å². The summed E-state index contributed by atoms with van der Waals surface area (Å²) in [6.45, 7) is 2.60. The molecule has 0 radical (unpaired) electrons. The fraction of sp³-hybridized carbons (Fsp3) is 0.583. The van der Waals surface area contributed by atoms with Crippen LogP contribution in [0.1, 0.15) is 27.4 Å². The molecule has 6 heteroatoms. The number of hydrogen-bond acceptors (Lipinski definition) is 4. The largest absolute Gasteiger partial charge is 0.494 e. The third-order valence-corrected chi connectivity index (χ3v) is 5.60. The van der Waals surface area contributed by atoms with Gasteiger partial charge < -0.3 is 15.2 Å². The van der Waals surface area contributed by atoms with Crippen molar-refractivity contribution in [3.05, 3.63) is 14.2 Å². The lowest BCUT2D eigenvalue weighted by Crippen LogP contribution is -2.31. The summed E-state index contributed by atoms with van der Waals surface area (Å²) in [5.74, 6) is 0.453. The van der Waals surface area contributed by atoms with E-state index in [1.807, 2.05) is 6.92 Å². The Balaban J connectivity index is 2.07. The fourth-order valence-electron chi connectivity index (χ4n) is 1.75. The number of rotatable bonds is 5. The summed E-state index contributed by atoms with van der Waals surface area (Å²) in [5.41, 5.74) is -0.0770. The molecule has 1 aromatic rings. The van der Waals surface area contributed by atoms with Crippen LogP contribution in [0.2, 0.25) is 0 Å². The number of aliphatic hydroxyl groups excluding tert-OH is 1. The van der Waals surface area contributed by atoms with Crippen molar-refractivity contribution < 1.29 is 14.6 Å². The van der Waals surface area contributed by atoms with Crippen LogP contribution in [0.4, 0.5) is 0 Å². The lowest BCUT2D eigenvalue weighted by Gasteiger charge is -2.12. The molecule has 0 spiro atoms. The molecule has 18 heavy (non-hydrogen) atoms. The zero-order valence-electron chi connectivity index (χ0n) is 10.4. The molecule has 0 bridgehead atoms. The van der Waals surface area contributed by atoms with Crippen molar-refractivity contribution in [2.24, 2.45) is 5.41 Å². The van der Waals surface area contributed by atoms with E-state index in [1.54, 1.807) is 7.11 Å². The average Bonchev–Trinajstić information content (AvgIpc) is 3.10. The summed E-state index contributed by atoms with van der Waals surface area (Å²) < 4.78 is 6.08. The molecule has 0 aliphatic heterocycles. The number of halogens is 1. The first-order valence-corrected chi connectivity index (χ1v) is 7.36. The van der Waals surface area contributed by atoms with E-state index in [4.69, 9.17) is 4.74 Å². The molecule has 100 valence electrons. The quantitative estimate of drug-likeness (QED) is 0.869. The van der Waals surface area contributed by atoms with Crippen molar-refractivity contribution in [3.63, 3.8) is 0 Å². The Kier molecular flexibility index (Phi) is 3.99. The maximum Gasteiger partial charge on any atom is 0.265 e. The van der Waals surface area contributed by atoms with Gasteiger partial charge in [0.25, 0.3) is 5.91 Å². The molecular formula is C12H16BrNO3S. The number of hydrogen-bond donors (Lipinski definition) is 2. The molecule has 1 aliphatic rings. The normalized spacial score (nSPS) is 16.4. The summed E-state index contributed by atoms with van der Waals surface area (Å²) in [5, 5.41) is 12.1. The predicted molar refractivity (Wildman–Crippen MR) is 74.4 cm³/mol. The number of aliphatic hydroxyl groups is 1. The van der Waals surface area contributed by atoms with Crippen LogP contribution in [-0.2, 0) is 0 Å². The van der Waals surface area contributed by atoms with Crippen LogP contribution >= 0.6 is 27.3 Å². The summed E-state index contributed by atoms with van der Waals surface area (Å²) in [7, 11) is 1.55. The van der Waals surface area contributed by atoms with Gasteiger partial charge in [0.05, 0.1) is 18.2 Å². The second kappa shape index (κ2) is 5.19. The molecule has 2 rings (SSSR count). The molecule has 1 fully saturated rings. The summed E-state index contributed by atoms with van der Waals surface area (Å²) >= 11 is 4.82. The van der Waals surface area contributed by atoms with Gasteiger partial charge in [0.2, 0.25) is 0 Å². The van der Waals surface area contributed by atoms with E-state index < -0.39 is 0 Å². The third kappa shape index (κ3) is 2.55. The Morgan fingerprint density at radius 3 is 2.78 bits per heavy atom. The minimum atomic E-state index is -0.134. The monoisotopic (exact) mass is 333 g/mol. The summed E-state index contributed by atoms with van der Waals surface area (Å²) in [4.78, 5) is 13.7. The number of methoxy groups -OCH3 is 1. The van der Waals surface area contributed by atoms with Gasteiger partial charge in [0.1, 0.15) is 4.88 Å². The highest BCUT2D eigenvalue weighted by molar-refractivity contribution is 9.10. The smallest absolute Gasteiger partial charge is 0.265 e. The fourth-order valence-corrected chi connectivity index (χ4v) is 3.42. The number of amides is 1. The zero-order chi connectivity index (χ0) is 13.3. The van der Waals surface area contributed by atoms with Crippen molar-refractivity contribution in [2.45, 2.75) is 19.8 Å². The molecule has 0 saturated heterocycles. The molecule has 0 unspecified atom stereocenters. The number of carbonyl (C=O) groups excluding carboxylic acids is 1. The standard InChI is InChI=1S/C12H16BrNO3S/c1-7-8(13)9(17-2)10(18-7)11(16)14-5-12(6-15)3-4-12/h15H,3-6H2,1-2H3,(H,14,16). The van der Waals surface area contributed by atoms with E-state index in [-0.39, 0.29) is 17.9 Å². The van der Waals surface area contributed by atoms with Crippen LogP contribution in [0, 0.1) is 12.3 Å². The molecule has 1 aromatic heterocycles. The lowest BCUT2D eigenvalue weighted by atomic mass is 10.1. The highest BCUT2D eigenvalue weighted by Gasteiger charge is 2.42. The van der Waals surface area contributed by atoms with Crippen molar-refractivity contribution in [3.8, 4) is 5.75 Å². The maximum absolute atomic E-state index is 12.1. The second-order valence-corrected chi connectivity index (χ2v) is 6.69. The van der Waals surface area contributed by atoms with Crippen LogP contribution in [0.25, 0.3) is 0 Å². The van der Waals surface area contributed by atoms with Gasteiger partial charge in [-0.15, -0.1) is 11.3 Å². The number of aryl methyl sites for hydroxylation is 1. The molecule has 1 heterocycles.